The topological polar surface area (TPSA) is 95.9 Å². The van der Waals surface area contributed by atoms with Gasteiger partial charge in [-0.25, -0.2) is 0 Å². The molecule has 0 spiro atoms. The van der Waals surface area contributed by atoms with Crippen LogP contribution < -0.4 is 0 Å². The van der Waals surface area contributed by atoms with E-state index in [1.165, 1.54) is 5.39 Å². The third kappa shape index (κ3) is 3.37. The Morgan fingerprint density at radius 1 is 1.00 bits per heavy atom. The van der Waals surface area contributed by atoms with Gasteiger partial charge >= 0.3 is 0 Å². The Kier molecular flexibility index (Phi) is 4.55. The second-order valence-corrected chi connectivity index (χ2v) is 8.55. The number of nitrogens with one attached hydrogen (secondary N) is 2. The van der Waals surface area contributed by atoms with Gasteiger partial charge in [0.2, 0.25) is 11.8 Å². The lowest BCUT2D eigenvalue weighted by atomic mass is 9.98. The minimum absolute atomic E-state index is 0.194. The highest BCUT2D eigenvalue weighted by atomic mass is 16.5. The normalized spacial score (nSPS) is 19.8. The van der Waals surface area contributed by atoms with Crippen molar-refractivity contribution in [3.8, 4) is 22.6 Å². The average molecular weight is 428 g/mol. The summed E-state index contributed by atoms with van der Waals surface area (Å²) < 4.78 is 12.0. The zero-order valence-corrected chi connectivity index (χ0v) is 18.0. The van der Waals surface area contributed by atoms with Crippen LogP contribution in [0.15, 0.2) is 53.2 Å². The molecule has 0 aliphatic carbocycles. The summed E-state index contributed by atoms with van der Waals surface area (Å²) in [7, 11) is 0. The maximum Gasteiger partial charge on any atom is 0.248 e. The molecule has 1 saturated heterocycles. The summed E-state index contributed by atoms with van der Waals surface area (Å²) in [5.41, 5.74) is 5.11. The van der Waals surface area contributed by atoms with Crippen LogP contribution in [0.25, 0.3) is 44.4 Å². The maximum atomic E-state index is 6.13. The molecule has 162 valence electrons. The van der Waals surface area contributed by atoms with Gasteiger partial charge in [0.25, 0.3) is 0 Å². The molecular formula is C24H24N6O2. The lowest BCUT2D eigenvalue weighted by molar-refractivity contribution is -0.0721. The fourth-order valence-electron chi connectivity index (χ4n) is 4.75. The van der Waals surface area contributed by atoms with Crippen molar-refractivity contribution in [1.82, 2.24) is 30.3 Å². The molecular weight excluding hydrogens is 404 g/mol. The van der Waals surface area contributed by atoms with Crippen LogP contribution >= 0.6 is 0 Å². The molecule has 2 aromatic carbocycles. The van der Waals surface area contributed by atoms with Crippen LogP contribution in [0, 0.1) is 0 Å². The van der Waals surface area contributed by atoms with E-state index in [-0.39, 0.29) is 12.2 Å². The SMILES string of the molecule is CC1CN(Cc2nnc(-c3cc(-c4cccc5[nH]ccc45)cc4[nH]ncc34)o2)CC(C)O1. The number of hydrogen-bond acceptors (Lipinski definition) is 6. The van der Waals surface area contributed by atoms with Crippen LogP contribution in [0.1, 0.15) is 19.7 Å². The van der Waals surface area contributed by atoms with Crippen molar-refractivity contribution in [2.24, 2.45) is 0 Å². The van der Waals surface area contributed by atoms with Crippen molar-refractivity contribution in [3.63, 3.8) is 0 Å². The predicted octanol–water partition coefficient (Wildman–Crippen LogP) is 4.37. The van der Waals surface area contributed by atoms with Crippen LogP contribution in [-0.2, 0) is 11.3 Å². The Morgan fingerprint density at radius 3 is 2.75 bits per heavy atom. The molecule has 2 N–H and O–H groups in total. The zero-order chi connectivity index (χ0) is 21.7. The quantitative estimate of drug-likeness (QED) is 0.441. The lowest BCUT2D eigenvalue weighted by Crippen LogP contribution is -2.44. The van der Waals surface area contributed by atoms with Gasteiger partial charge in [0.05, 0.1) is 36.0 Å². The second-order valence-electron chi connectivity index (χ2n) is 8.55. The fraction of sp³-hybridized carbons (Fsp3) is 0.292. The Balaban J connectivity index is 1.38. The molecule has 1 fully saturated rings. The molecule has 0 radical (unpaired) electrons. The first-order valence-corrected chi connectivity index (χ1v) is 10.9. The summed E-state index contributed by atoms with van der Waals surface area (Å²) in [5, 5.41) is 18.2. The van der Waals surface area contributed by atoms with E-state index in [2.05, 4.69) is 80.5 Å². The highest BCUT2D eigenvalue weighted by molar-refractivity contribution is 6.01. The van der Waals surface area contributed by atoms with Crippen LogP contribution in [0.2, 0.25) is 0 Å². The fourth-order valence-corrected chi connectivity index (χ4v) is 4.75. The van der Waals surface area contributed by atoms with E-state index in [0.717, 1.165) is 46.2 Å². The molecule has 8 nitrogen and oxygen atoms in total. The molecule has 1 aliphatic heterocycles. The van der Waals surface area contributed by atoms with Crippen molar-refractivity contribution in [2.75, 3.05) is 13.1 Å². The van der Waals surface area contributed by atoms with E-state index >= 15 is 0 Å². The van der Waals surface area contributed by atoms with Crippen LogP contribution in [0.3, 0.4) is 0 Å². The van der Waals surface area contributed by atoms with E-state index in [9.17, 15) is 0 Å². The van der Waals surface area contributed by atoms with Crippen molar-refractivity contribution in [2.45, 2.75) is 32.6 Å². The number of aromatic nitrogens is 5. The Bertz CT molecular complexity index is 1390. The van der Waals surface area contributed by atoms with Gasteiger partial charge in [-0.15, -0.1) is 10.2 Å². The molecule has 0 amide bonds. The molecule has 2 atom stereocenters. The van der Waals surface area contributed by atoms with Crippen molar-refractivity contribution in [1.29, 1.82) is 0 Å². The summed E-state index contributed by atoms with van der Waals surface area (Å²) >= 11 is 0. The summed E-state index contributed by atoms with van der Waals surface area (Å²) in [6.45, 7) is 6.50. The number of H-pyrrole nitrogens is 2. The van der Waals surface area contributed by atoms with Crippen LogP contribution in [0.5, 0.6) is 0 Å². The third-order valence-electron chi connectivity index (χ3n) is 6.02. The smallest absolute Gasteiger partial charge is 0.248 e. The van der Waals surface area contributed by atoms with Gasteiger partial charge in [-0.1, -0.05) is 12.1 Å². The average Bonchev–Trinajstić information content (AvgIpc) is 3.52. The minimum atomic E-state index is 0.194. The molecule has 0 saturated carbocycles. The first-order chi connectivity index (χ1) is 15.6. The Morgan fingerprint density at radius 2 is 1.88 bits per heavy atom. The van der Waals surface area contributed by atoms with E-state index < -0.39 is 0 Å². The second kappa shape index (κ2) is 7.58. The monoisotopic (exact) mass is 428 g/mol. The number of morpholine rings is 1. The lowest BCUT2D eigenvalue weighted by Gasteiger charge is -2.34. The van der Waals surface area contributed by atoms with E-state index in [1.54, 1.807) is 6.20 Å². The summed E-state index contributed by atoms with van der Waals surface area (Å²) in [6.07, 6.45) is 4.15. The highest BCUT2D eigenvalue weighted by Gasteiger charge is 2.24. The van der Waals surface area contributed by atoms with Crippen LogP contribution in [-0.4, -0.2) is 55.6 Å². The van der Waals surface area contributed by atoms with Gasteiger partial charge < -0.3 is 14.1 Å². The van der Waals surface area contributed by atoms with E-state index in [1.807, 2.05) is 6.20 Å². The summed E-state index contributed by atoms with van der Waals surface area (Å²) in [4.78, 5) is 5.58. The number of hydrogen-bond donors (Lipinski definition) is 2. The first-order valence-electron chi connectivity index (χ1n) is 10.9. The molecule has 4 heterocycles. The molecule has 32 heavy (non-hydrogen) atoms. The molecule has 5 aromatic rings. The van der Waals surface area contributed by atoms with Gasteiger partial charge in [-0.2, -0.15) is 5.10 Å². The molecule has 2 unspecified atom stereocenters. The van der Waals surface area contributed by atoms with Gasteiger partial charge in [-0.3, -0.25) is 10.00 Å². The van der Waals surface area contributed by atoms with Crippen molar-refractivity contribution >= 4 is 21.8 Å². The highest BCUT2D eigenvalue weighted by Crippen LogP contribution is 2.35. The van der Waals surface area contributed by atoms with Gasteiger partial charge in [-0.05, 0) is 49.2 Å². The summed E-state index contributed by atoms with van der Waals surface area (Å²) in [5.74, 6) is 1.11. The largest absolute Gasteiger partial charge is 0.419 e. The standard InChI is InChI=1S/C24H24N6O2/c1-14-11-30(12-15(2)31-14)13-23-28-29-24(32-23)19-8-16(9-22-20(19)10-26-27-22)17-4-3-5-21-18(17)6-7-25-21/h3-10,14-15,25H,11-13H2,1-2H3,(H,26,27). The van der Waals surface area contributed by atoms with Crippen molar-refractivity contribution < 1.29 is 9.15 Å². The molecule has 6 rings (SSSR count). The van der Waals surface area contributed by atoms with Gasteiger partial charge in [0, 0.05) is 35.6 Å². The number of nitrogens with zero attached hydrogens (tertiary/aromatic N) is 4. The Labute approximate surface area is 184 Å². The first kappa shape index (κ1) is 19.2. The molecule has 1 aliphatic rings. The number of fused-ring (bicyclic) bond motifs is 2. The number of rotatable bonds is 4. The predicted molar refractivity (Wildman–Crippen MR) is 122 cm³/mol. The van der Waals surface area contributed by atoms with E-state index in [4.69, 9.17) is 9.15 Å². The van der Waals surface area contributed by atoms with Crippen molar-refractivity contribution in [3.05, 3.63) is 54.7 Å². The van der Waals surface area contributed by atoms with Gasteiger partial charge in [0.15, 0.2) is 0 Å². The number of ether oxygens (including phenoxy) is 1. The van der Waals surface area contributed by atoms with Crippen LogP contribution in [0.4, 0.5) is 0 Å². The zero-order valence-electron chi connectivity index (χ0n) is 18.0. The molecule has 8 heteroatoms. The summed E-state index contributed by atoms with van der Waals surface area (Å²) in [6, 6.07) is 12.6. The van der Waals surface area contributed by atoms with E-state index in [0.29, 0.717) is 18.3 Å². The molecule has 0 bridgehead atoms. The third-order valence-corrected chi connectivity index (χ3v) is 6.02. The minimum Gasteiger partial charge on any atom is -0.419 e. The molecule has 3 aromatic heterocycles. The maximum absolute atomic E-state index is 6.13. The Hall–Kier alpha value is -3.49. The number of benzene rings is 2. The van der Waals surface area contributed by atoms with Gasteiger partial charge in [0.1, 0.15) is 0 Å². The number of aromatic amines is 2.